The summed E-state index contributed by atoms with van der Waals surface area (Å²) in [6.45, 7) is 0. The molecule has 0 aliphatic rings. The van der Waals surface area contributed by atoms with Gasteiger partial charge in [-0.25, -0.2) is 15.0 Å². The largest absolute Gasteiger partial charge is 0.309 e. The van der Waals surface area contributed by atoms with E-state index in [1.54, 1.807) is 0 Å². The number of hydrogen-bond acceptors (Lipinski definition) is 3. The number of nitrogens with zero attached hydrogens (tertiary/aromatic N) is 4. The Hall–Kier alpha value is -7.43. The summed E-state index contributed by atoms with van der Waals surface area (Å²) in [6.07, 6.45) is 0. The van der Waals surface area contributed by atoms with E-state index >= 15 is 0 Å². The SMILES string of the molecule is c1ccc(-c2cccc(-c3cccc(-c4nc(-c5ccccc5)nc(-c5cccc(-n6c7ccccc7c7ccc(-c8ccccc8)cc76)c5)n4)c3)c2)cc1. The fraction of sp³-hybridized carbons (Fsp3) is 0. The fourth-order valence-corrected chi connectivity index (χ4v) is 7.54. The minimum Gasteiger partial charge on any atom is -0.309 e. The number of aromatic nitrogens is 4. The molecule has 0 saturated heterocycles. The monoisotopic (exact) mass is 702 g/mol. The Labute approximate surface area is 319 Å². The van der Waals surface area contributed by atoms with Gasteiger partial charge in [0.05, 0.1) is 11.0 Å². The van der Waals surface area contributed by atoms with E-state index in [9.17, 15) is 0 Å². The Balaban J connectivity index is 1.11. The standard InChI is InChI=1S/C51H34N4/c1-4-15-35(16-5-1)38-21-12-22-39(31-38)40-23-13-24-42(32-40)50-52-49(37-19-8-3-9-20-37)53-51(54-50)43-25-14-26-44(33-43)55-47-28-11-10-27-45(47)46-30-29-41(34-48(46)55)36-17-6-2-7-18-36/h1-34H. The molecule has 8 aromatic carbocycles. The first-order valence-electron chi connectivity index (χ1n) is 18.5. The molecule has 10 rings (SSSR count). The van der Waals surface area contributed by atoms with Crippen LogP contribution in [0.3, 0.4) is 0 Å². The van der Waals surface area contributed by atoms with Crippen LogP contribution in [0.15, 0.2) is 206 Å². The lowest BCUT2D eigenvalue weighted by Crippen LogP contribution is -2.01. The quantitative estimate of drug-likeness (QED) is 0.166. The molecule has 0 saturated carbocycles. The summed E-state index contributed by atoms with van der Waals surface area (Å²) in [7, 11) is 0. The van der Waals surface area contributed by atoms with Crippen LogP contribution in [0.1, 0.15) is 0 Å². The third-order valence-corrected chi connectivity index (χ3v) is 10.2. The molecule has 0 bridgehead atoms. The van der Waals surface area contributed by atoms with Gasteiger partial charge in [-0.2, -0.15) is 0 Å². The Morgan fingerprint density at radius 2 is 0.673 bits per heavy atom. The van der Waals surface area contributed by atoms with Crippen LogP contribution < -0.4 is 0 Å². The Bertz CT molecular complexity index is 2970. The number of rotatable bonds is 7. The van der Waals surface area contributed by atoms with Crippen molar-refractivity contribution in [3.63, 3.8) is 0 Å². The van der Waals surface area contributed by atoms with Gasteiger partial charge in [-0.1, -0.05) is 170 Å². The normalized spacial score (nSPS) is 11.3. The average Bonchev–Trinajstić information content (AvgIpc) is 3.61. The molecule has 0 spiro atoms. The van der Waals surface area contributed by atoms with Crippen molar-refractivity contribution in [2.24, 2.45) is 0 Å². The molecule has 258 valence electrons. The molecule has 0 fully saturated rings. The second-order valence-corrected chi connectivity index (χ2v) is 13.7. The van der Waals surface area contributed by atoms with Gasteiger partial charge in [-0.15, -0.1) is 0 Å². The third kappa shape index (κ3) is 6.16. The third-order valence-electron chi connectivity index (χ3n) is 10.2. The van der Waals surface area contributed by atoms with Crippen molar-refractivity contribution >= 4 is 21.8 Å². The predicted octanol–water partition coefficient (Wildman–Crippen LogP) is 13.0. The molecule has 4 heteroatoms. The van der Waals surface area contributed by atoms with Crippen LogP contribution in [0.5, 0.6) is 0 Å². The van der Waals surface area contributed by atoms with Crippen LogP contribution in [-0.4, -0.2) is 19.5 Å². The van der Waals surface area contributed by atoms with E-state index in [2.05, 4.69) is 174 Å². The summed E-state index contributed by atoms with van der Waals surface area (Å²) >= 11 is 0. The van der Waals surface area contributed by atoms with Gasteiger partial charge < -0.3 is 4.57 Å². The zero-order chi connectivity index (χ0) is 36.6. The minimum atomic E-state index is 0.618. The Morgan fingerprint density at radius 1 is 0.255 bits per heavy atom. The summed E-state index contributed by atoms with van der Waals surface area (Å²) in [5, 5.41) is 2.43. The zero-order valence-electron chi connectivity index (χ0n) is 29.9. The van der Waals surface area contributed by atoms with Crippen LogP contribution in [-0.2, 0) is 0 Å². The highest BCUT2D eigenvalue weighted by Crippen LogP contribution is 2.36. The molecule has 0 aliphatic carbocycles. The van der Waals surface area contributed by atoms with Crippen LogP contribution in [0, 0.1) is 0 Å². The van der Waals surface area contributed by atoms with E-state index in [0.717, 1.165) is 44.5 Å². The molecule has 0 radical (unpaired) electrons. The van der Waals surface area contributed by atoms with E-state index in [-0.39, 0.29) is 0 Å². The topological polar surface area (TPSA) is 43.6 Å². The maximum atomic E-state index is 5.17. The molecule has 0 atom stereocenters. The number of fused-ring (bicyclic) bond motifs is 3. The molecular weight excluding hydrogens is 669 g/mol. The molecule has 55 heavy (non-hydrogen) atoms. The molecule has 0 unspecified atom stereocenters. The van der Waals surface area contributed by atoms with Gasteiger partial charge in [0, 0.05) is 33.2 Å². The molecule has 0 N–H and O–H groups in total. The van der Waals surface area contributed by atoms with E-state index in [1.807, 2.05) is 36.4 Å². The first kappa shape index (κ1) is 32.2. The van der Waals surface area contributed by atoms with Crippen molar-refractivity contribution in [2.75, 3.05) is 0 Å². The summed E-state index contributed by atoms with van der Waals surface area (Å²) in [5.41, 5.74) is 13.1. The second-order valence-electron chi connectivity index (χ2n) is 13.7. The lowest BCUT2D eigenvalue weighted by molar-refractivity contribution is 1.07. The van der Waals surface area contributed by atoms with Gasteiger partial charge in [0.25, 0.3) is 0 Å². The second kappa shape index (κ2) is 13.8. The van der Waals surface area contributed by atoms with Crippen molar-refractivity contribution in [3.8, 4) is 73.2 Å². The van der Waals surface area contributed by atoms with Crippen molar-refractivity contribution in [1.29, 1.82) is 0 Å². The van der Waals surface area contributed by atoms with E-state index in [0.29, 0.717) is 17.5 Å². The highest BCUT2D eigenvalue weighted by molar-refractivity contribution is 6.10. The van der Waals surface area contributed by atoms with Gasteiger partial charge in [-0.05, 0) is 69.8 Å². The van der Waals surface area contributed by atoms with Gasteiger partial charge in [0.2, 0.25) is 0 Å². The van der Waals surface area contributed by atoms with Gasteiger partial charge in [0.1, 0.15) is 0 Å². The first-order valence-corrected chi connectivity index (χ1v) is 18.5. The summed E-state index contributed by atoms with van der Waals surface area (Å²) in [6, 6.07) is 72.3. The molecule has 2 aromatic heterocycles. The highest BCUT2D eigenvalue weighted by Gasteiger charge is 2.17. The van der Waals surface area contributed by atoms with Crippen molar-refractivity contribution < 1.29 is 0 Å². The maximum Gasteiger partial charge on any atom is 0.164 e. The number of benzene rings is 8. The van der Waals surface area contributed by atoms with Crippen LogP contribution in [0.4, 0.5) is 0 Å². The van der Waals surface area contributed by atoms with Crippen LogP contribution >= 0.6 is 0 Å². The zero-order valence-corrected chi connectivity index (χ0v) is 29.9. The average molecular weight is 703 g/mol. The minimum absolute atomic E-state index is 0.618. The van der Waals surface area contributed by atoms with Crippen LogP contribution in [0.2, 0.25) is 0 Å². The lowest BCUT2D eigenvalue weighted by Gasteiger charge is -2.12. The van der Waals surface area contributed by atoms with Gasteiger partial charge in [0.15, 0.2) is 17.5 Å². The number of para-hydroxylation sites is 1. The fourth-order valence-electron chi connectivity index (χ4n) is 7.54. The lowest BCUT2D eigenvalue weighted by atomic mass is 9.98. The highest BCUT2D eigenvalue weighted by atomic mass is 15.0. The summed E-state index contributed by atoms with van der Waals surface area (Å²) in [5.74, 6) is 1.87. The first-order chi connectivity index (χ1) is 27.2. The molecule has 0 amide bonds. The smallest absolute Gasteiger partial charge is 0.164 e. The molecule has 10 aromatic rings. The van der Waals surface area contributed by atoms with E-state index < -0.39 is 0 Å². The van der Waals surface area contributed by atoms with E-state index in [1.165, 1.54) is 33.0 Å². The van der Waals surface area contributed by atoms with Crippen molar-refractivity contribution in [3.05, 3.63) is 206 Å². The molecule has 4 nitrogen and oxygen atoms in total. The predicted molar refractivity (Wildman–Crippen MR) is 227 cm³/mol. The summed E-state index contributed by atoms with van der Waals surface area (Å²) in [4.78, 5) is 15.3. The molecule has 0 aliphatic heterocycles. The number of hydrogen-bond donors (Lipinski definition) is 0. The van der Waals surface area contributed by atoms with Crippen LogP contribution in [0.25, 0.3) is 95.0 Å². The van der Waals surface area contributed by atoms with Gasteiger partial charge >= 0.3 is 0 Å². The van der Waals surface area contributed by atoms with Crippen molar-refractivity contribution in [1.82, 2.24) is 19.5 Å². The molecular formula is C51H34N4. The van der Waals surface area contributed by atoms with Gasteiger partial charge in [-0.3, -0.25) is 0 Å². The van der Waals surface area contributed by atoms with E-state index in [4.69, 9.17) is 15.0 Å². The van der Waals surface area contributed by atoms with Crippen molar-refractivity contribution in [2.45, 2.75) is 0 Å². The molecule has 2 heterocycles. The summed E-state index contributed by atoms with van der Waals surface area (Å²) < 4.78 is 2.36. The Kier molecular flexibility index (Phi) is 8.12. The Morgan fingerprint density at radius 3 is 1.31 bits per heavy atom. The maximum absolute atomic E-state index is 5.17.